The molecular formula is C12H7ClN2O2S. The van der Waals surface area contributed by atoms with Gasteiger partial charge in [-0.15, -0.1) is 11.3 Å². The smallest absolute Gasteiger partial charge is 0.291 e. The third-order valence-electron chi connectivity index (χ3n) is 2.39. The van der Waals surface area contributed by atoms with Crippen molar-refractivity contribution in [3.63, 3.8) is 0 Å². The molecule has 6 heteroatoms. The van der Waals surface area contributed by atoms with Gasteiger partial charge in [0.15, 0.2) is 11.0 Å². The van der Waals surface area contributed by atoms with Gasteiger partial charge in [0.25, 0.3) is 5.91 Å². The maximum Gasteiger partial charge on any atom is 0.291 e. The molecule has 3 rings (SSSR count). The number of hydrogen-bond donors (Lipinski definition) is 1. The second-order valence-electron chi connectivity index (χ2n) is 3.59. The van der Waals surface area contributed by atoms with E-state index in [1.54, 1.807) is 11.6 Å². The first-order valence-corrected chi connectivity index (χ1v) is 6.38. The Morgan fingerprint density at radius 3 is 3.00 bits per heavy atom. The highest BCUT2D eigenvalue weighted by atomic mass is 35.5. The molecule has 1 aromatic carbocycles. The van der Waals surface area contributed by atoms with Crippen LogP contribution in [0.3, 0.4) is 0 Å². The van der Waals surface area contributed by atoms with Crippen molar-refractivity contribution in [1.29, 1.82) is 0 Å². The third kappa shape index (κ3) is 2.10. The van der Waals surface area contributed by atoms with E-state index in [4.69, 9.17) is 16.0 Å². The van der Waals surface area contributed by atoms with Crippen LogP contribution in [0.2, 0.25) is 5.22 Å². The quantitative estimate of drug-likeness (QED) is 0.776. The first kappa shape index (κ1) is 11.3. The fourth-order valence-corrected chi connectivity index (χ4v) is 2.42. The van der Waals surface area contributed by atoms with Crippen LogP contribution < -0.4 is 5.32 Å². The fourth-order valence-electron chi connectivity index (χ4n) is 1.56. The lowest BCUT2D eigenvalue weighted by Crippen LogP contribution is -2.10. The van der Waals surface area contributed by atoms with Crippen LogP contribution in [0.25, 0.3) is 10.2 Å². The minimum Gasteiger partial charge on any atom is -0.440 e. The van der Waals surface area contributed by atoms with Crippen molar-refractivity contribution < 1.29 is 9.21 Å². The molecule has 0 aliphatic rings. The standard InChI is InChI=1S/C12H7ClN2O2S/c13-11-4-3-9(17-11)12(16)15-7-1-2-8-10(5-7)18-6-14-8/h1-6H,(H,15,16). The molecule has 1 N–H and O–H groups in total. The maximum absolute atomic E-state index is 11.8. The molecule has 0 atom stereocenters. The van der Waals surface area contributed by atoms with Gasteiger partial charge >= 0.3 is 0 Å². The summed E-state index contributed by atoms with van der Waals surface area (Å²) in [6, 6.07) is 8.59. The number of nitrogens with zero attached hydrogens (tertiary/aromatic N) is 1. The molecule has 0 aliphatic carbocycles. The average Bonchev–Trinajstić information content (AvgIpc) is 2.96. The number of hydrogen-bond acceptors (Lipinski definition) is 4. The molecule has 4 nitrogen and oxygen atoms in total. The average molecular weight is 279 g/mol. The van der Waals surface area contributed by atoms with Crippen molar-refractivity contribution >= 4 is 44.7 Å². The van der Waals surface area contributed by atoms with Crippen LogP contribution in [0.15, 0.2) is 40.3 Å². The Morgan fingerprint density at radius 1 is 1.33 bits per heavy atom. The number of halogens is 1. The lowest BCUT2D eigenvalue weighted by Gasteiger charge is -2.02. The normalized spacial score (nSPS) is 10.7. The Hall–Kier alpha value is -1.85. The molecule has 2 heterocycles. The van der Waals surface area contributed by atoms with Crippen LogP contribution in [0.5, 0.6) is 0 Å². The van der Waals surface area contributed by atoms with Gasteiger partial charge in [-0.2, -0.15) is 0 Å². The van der Waals surface area contributed by atoms with Crippen molar-refractivity contribution in [2.24, 2.45) is 0 Å². The summed E-state index contributed by atoms with van der Waals surface area (Å²) in [4.78, 5) is 16.0. The van der Waals surface area contributed by atoms with Gasteiger partial charge in [-0.1, -0.05) is 0 Å². The number of fused-ring (bicyclic) bond motifs is 1. The largest absolute Gasteiger partial charge is 0.440 e. The zero-order valence-corrected chi connectivity index (χ0v) is 10.6. The summed E-state index contributed by atoms with van der Waals surface area (Å²) in [5, 5.41) is 2.93. The number of benzene rings is 1. The summed E-state index contributed by atoms with van der Waals surface area (Å²) >= 11 is 7.14. The summed E-state index contributed by atoms with van der Waals surface area (Å²) in [5.74, 6) is -0.143. The van der Waals surface area contributed by atoms with Gasteiger partial charge in [0, 0.05) is 5.69 Å². The molecule has 90 valence electrons. The third-order valence-corrected chi connectivity index (χ3v) is 3.38. The predicted molar refractivity (Wildman–Crippen MR) is 71.3 cm³/mol. The van der Waals surface area contributed by atoms with Crippen LogP contribution in [0.1, 0.15) is 10.6 Å². The Morgan fingerprint density at radius 2 is 2.22 bits per heavy atom. The van der Waals surface area contributed by atoms with Crippen molar-refractivity contribution in [3.05, 3.63) is 46.8 Å². The molecule has 0 saturated carbocycles. The lowest BCUT2D eigenvalue weighted by atomic mass is 10.3. The highest BCUT2D eigenvalue weighted by Crippen LogP contribution is 2.22. The van der Waals surface area contributed by atoms with Gasteiger partial charge in [-0.05, 0) is 41.9 Å². The van der Waals surface area contributed by atoms with Gasteiger partial charge < -0.3 is 9.73 Å². The van der Waals surface area contributed by atoms with Crippen LogP contribution in [0, 0.1) is 0 Å². The highest BCUT2D eigenvalue weighted by molar-refractivity contribution is 7.16. The number of anilines is 1. The predicted octanol–water partition coefficient (Wildman–Crippen LogP) is 3.80. The Labute approximate surface area is 111 Å². The summed E-state index contributed by atoms with van der Waals surface area (Å²) in [6.45, 7) is 0. The molecule has 0 saturated heterocycles. The topological polar surface area (TPSA) is 55.1 Å². The number of carbonyl (C=O) groups excluding carboxylic acids is 1. The van der Waals surface area contributed by atoms with E-state index in [0.717, 1.165) is 10.2 Å². The molecule has 0 bridgehead atoms. The number of thiazole rings is 1. The molecule has 18 heavy (non-hydrogen) atoms. The van der Waals surface area contributed by atoms with Gasteiger partial charge in [-0.3, -0.25) is 4.79 Å². The van der Waals surface area contributed by atoms with Gasteiger partial charge in [0.05, 0.1) is 15.7 Å². The molecule has 2 aromatic heterocycles. The zero-order chi connectivity index (χ0) is 12.5. The highest BCUT2D eigenvalue weighted by Gasteiger charge is 2.11. The first-order valence-electron chi connectivity index (χ1n) is 5.12. The number of furan rings is 1. The molecule has 0 fully saturated rings. The summed E-state index contributed by atoms with van der Waals surface area (Å²) in [6.07, 6.45) is 0. The van der Waals surface area contributed by atoms with Crippen molar-refractivity contribution in [3.8, 4) is 0 Å². The lowest BCUT2D eigenvalue weighted by molar-refractivity contribution is 0.0997. The Balaban J connectivity index is 1.85. The van der Waals surface area contributed by atoms with Crippen LogP contribution in [-0.4, -0.2) is 10.9 Å². The van der Waals surface area contributed by atoms with Crippen LogP contribution in [-0.2, 0) is 0 Å². The second kappa shape index (κ2) is 4.44. The number of aromatic nitrogens is 1. The van der Waals surface area contributed by atoms with E-state index in [1.807, 2.05) is 12.1 Å². The summed E-state index contributed by atoms with van der Waals surface area (Å²) in [5.41, 5.74) is 3.38. The van der Waals surface area contributed by atoms with Crippen molar-refractivity contribution in [2.75, 3.05) is 5.32 Å². The van der Waals surface area contributed by atoms with E-state index < -0.39 is 0 Å². The molecular weight excluding hydrogens is 272 g/mol. The van der Waals surface area contributed by atoms with E-state index in [1.165, 1.54) is 23.5 Å². The van der Waals surface area contributed by atoms with Gasteiger partial charge in [0.1, 0.15) is 0 Å². The van der Waals surface area contributed by atoms with Crippen molar-refractivity contribution in [1.82, 2.24) is 4.98 Å². The Bertz CT molecular complexity index is 720. The van der Waals surface area contributed by atoms with Crippen LogP contribution >= 0.6 is 22.9 Å². The molecule has 3 aromatic rings. The van der Waals surface area contributed by atoms with Gasteiger partial charge in [0.2, 0.25) is 0 Å². The SMILES string of the molecule is O=C(Nc1ccc2ncsc2c1)c1ccc(Cl)o1. The number of amides is 1. The van der Waals surface area contributed by atoms with Crippen molar-refractivity contribution in [2.45, 2.75) is 0 Å². The molecule has 1 amide bonds. The first-order chi connectivity index (χ1) is 8.72. The number of carbonyl (C=O) groups is 1. The van der Waals surface area contributed by atoms with E-state index in [-0.39, 0.29) is 16.9 Å². The number of nitrogens with one attached hydrogen (secondary N) is 1. The fraction of sp³-hybridized carbons (Fsp3) is 0. The maximum atomic E-state index is 11.8. The van der Waals surface area contributed by atoms with Crippen LogP contribution in [0.4, 0.5) is 5.69 Å². The molecule has 0 radical (unpaired) electrons. The summed E-state index contributed by atoms with van der Waals surface area (Å²) < 4.78 is 6.05. The van der Waals surface area contributed by atoms with E-state index >= 15 is 0 Å². The second-order valence-corrected chi connectivity index (χ2v) is 4.85. The van der Waals surface area contributed by atoms with Gasteiger partial charge in [-0.25, -0.2) is 4.98 Å². The van der Waals surface area contributed by atoms with E-state index in [0.29, 0.717) is 5.69 Å². The van der Waals surface area contributed by atoms with E-state index in [2.05, 4.69) is 10.3 Å². The Kier molecular flexibility index (Phi) is 2.77. The minimum atomic E-state index is -0.328. The molecule has 0 unspecified atom stereocenters. The monoisotopic (exact) mass is 278 g/mol. The summed E-state index contributed by atoms with van der Waals surface area (Å²) in [7, 11) is 0. The molecule has 0 spiro atoms. The minimum absolute atomic E-state index is 0.185. The zero-order valence-electron chi connectivity index (χ0n) is 9.01. The molecule has 0 aliphatic heterocycles. The van der Waals surface area contributed by atoms with E-state index in [9.17, 15) is 4.79 Å². The number of rotatable bonds is 2.